The van der Waals surface area contributed by atoms with Crippen molar-refractivity contribution < 1.29 is 13.9 Å². The Morgan fingerprint density at radius 2 is 2.09 bits per heavy atom. The summed E-state index contributed by atoms with van der Waals surface area (Å²) in [5, 5.41) is 2.91. The van der Waals surface area contributed by atoms with E-state index < -0.39 is 0 Å². The minimum Gasteiger partial charge on any atom is -0.441 e. The summed E-state index contributed by atoms with van der Waals surface area (Å²) in [4.78, 5) is 16.5. The van der Waals surface area contributed by atoms with E-state index >= 15 is 0 Å². The van der Waals surface area contributed by atoms with Gasteiger partial charge in [-0.15, -0.1) is 0 Å². The summed E-state index contributed by atoms with van der Waals surface area (Å²) in [6, 6.07) is 8.08. The Bertz CT molecular complexity index is 670. The van der Waals surface area contributed by atoms with E-state index in [0.717, 1.165) is 29.9 Å². The van der Waals surface area contributed by atoms with Gasteiger partial charge in [-0.2, -0.15) is 0 Å². The third-order valence-electron chi connectivity index (χ3n) is 4.07. The van der Waals surface area contributed by atoms with Crippen LogP contribution in [0.3, 0.4) is 0 Å². The first-order valence-corrected chi connectivity index (χ1v) is 8.06. The van der Waals surface area contributed by atoms with Gasteiger partial charge in [0.2, 0.25) is 11.8 Å². The molecule has 23 heavy (non-hydrogen) atoms. The molecule has 1 N–H and O–H groups in total. The standard InChI is InChI=1S/C18H22N2O3/c1-12-5-7-14(8-6-12)18-20-15(13(2)23-18)9-10-19-17(21)16-4-3-11-22-16/h5-8,16H,3-4,9-11H2,1-2H3,(H,19,21). The number of rotatable bonds is 5. The second kappa shape index (κ2) is 6.96. The zero-order valence-electron chi connectivity index (χ0n) is 13.6. The van der Waals surface area contributed by atoms with Gasteiger partial charge in [-0.3, -0.25) is 4.79 Å². The van der Waals surface area contributed by atoms with Crippen LogP contribution in [0, 0.1) is 13.8 Å². The lowest BCUT2D eigenvalue weighted by molar-refractivity contribution is -0.129. The van der Waals surface area contributed by atoms with Gasteiger partial charge in [0.25, 0.3) is 0 Å². The molecule has 1 fully saturated rings. The molecule has 122 valence electrons. The molecule has 0 bridgehead atoms. The normalized spacial score (nSPS) is 17.4. The van der Waals surface area contributed by atoms with E-state index in [2.05, 4.69) is 10.3 Å². The largest absolute Gasteiger partial charge is 0.441 e. The Labute approximate surface area is 136 Å². The number of aryl methyl sites for hydroxylation is 2. The number of aromatic nitrogens is 1. The number of amides is 1. The van der Waals surface area contributed by atoms with Gasteiger partial charge in [-0.25, -0.2) is 4.98 Å². The van der Waals surface area contributed by atoms with Crippen molar-refractivity contribution >= 4 is 5.91 Å². The van der Waals surface area contributed by atoms with E-state index in [1.165, 1.54) is 5.56 Å². The fourth-order valence-corrected chi connectivity index (χ4v) is 2.68. The van der Waals surface area contributed by atoms with Crippen LogP contribution in [0.4, 0.5) is 0 Å². The molecule has 3 rings (SSSR count). The Kier molecular flexibility index (Phi) is 4.76. The van der Waals surface area contributed by atoms with E-state index in [9.17, 15) is 4.79 Å². The molecule has 1 unspecified atom stereocenters. The van der Waals surface area contributed by atoms with Crippen molar-refractivity contribution in [1.82, 2.24) is 10.3 Å². The van der Waals surface area contributed by atoms with Gasteiger partial charge >= 0.3 is 0 Å². The number of oxazole rings is 1. The summed E-state index contributed by atoms with van der Waals surface area (Å²) < 4.78 is 11.1. The highest BCUT2D eigenvalue weighted by Crippen LogP contribution is 2.22. The molecule has 1 amide bonds. The van der Waals surface area contributed by atoms with Crippen molar-refractivity contribution in [3.63, 3.8) is 0 Å². The van der Waals surface area contributed by atoms with Crippen molar-refractivity contribution in [3.8, 4) is 11.5 Å². The first-order valence-electron chi connectivity index (χ1n) is 8.06. The summed E-state index contributed by atoms with van der Waals surface area (Å²) in [5.41, 5.74) is 3.05. The maximum absolute atomic E-state index is 11.9. The Morgan fingerprint density at radius 1 is 1.30 bits per heavy atom. The summed E-state index contributed by atoms with van der Waals surface area (Å²) in [5.74, 6) is 1.40. The number of hydrogen-bond acceptors (Lipinski definition) is 4. The van der Waals surface area contributed by atoms with Gasteiger partial charge in [0.1, 0.15) is 11.9 Å². The Hall–Kier alpha value is -2.14. The second-order valence-electron chi connectivity index (χ2n) is 5.93. The molecule has 1 aromatic carbocycles. The second-order valence-corrected chi connectivity index (χ2v) is 5.93. The van der Waals surface area contributed by atoms with Crippen molar-refractivity contribution in [3.05, 3.63) is 41.3 Å². The van der Waals surface area contributed by atoms with E-state index in [1.54, 1.807) is 0 Å². The van der Waals surface area contributed by atoms with E-state index in [1.807, 2.05) is 38.1 Å². The van der Waals surface area contributed by atoms with Crippen LogP contribution in [0.1, 0.15) is 29.9 Å². The minimum absolute atomic E-state index is 0.0255. The smallest absolute Gasteiger partial charge is 0.249 e. The zero-order valence-corrected chi connectivity index (χ0v) is 13.6. The summed E-state index contributed by atoms with van der Waals surface area (Å²) in [7, 11) is 0. The lowest BCUT2D eigenvalue weighted by atomic mass is 10.1. The molecule has 0 radical (unpaired) electrons. The quantitative estimate of drug-likeness (QED) is 0.921. The molecule has 2 aromatic rings. The lowest BCUT2D eigenvalue weighted by Gasteiger charge is -2.09. The number of benzene rings is 1. The lowest BCUT2D eigenvalue weighted by Crippen LogP contribution is -2.35. The topological polar surface area (TPSA) is 64.4 Å². The molecule has 0 spiro atoms. The van der Waals surface area contributed by atoms with Crippen molar-refractivity contribution in [1.29, 1.82) is 0 Å². The number of ether oxygens (including phenoxy) is 1. The number of nitrogens with zero attached hydrogens (tertiary/aromatic N) is 1. The third-order valence-corrected chi connectivity index (χ3v) is 4.07. The molecule has 1 saturated heterocycles. The van der Waals surface area contributed by atoms with Gasteiger partial charge in [0.05, 0.1) is 5.69 Å². The highest BCUT2D eigenvalue weighted by Gasteiger charge is 2.23. The van der Waals surface area contributed by atoms with E-state index in [-0.39, 0.29) is 12.0 Å². The average Bonchev–Trinajstić information content (AvgIpc) is 3.18. The van der Waals surface area contributed by atoms with Gasteiger partial charge < -0.3 is 14.5 Å². The molecule has 1 aliphatic rings. The number of hydrogen-bond donors (Lipinski definition) is 1. The van der Waals surface area contributed by atoms with Gasteiger partial charge in [0.15, 0.2) is 0 Å². The van der Waals surface area contributed by atoms with Crippen LogP contribution in [0.2, 0.25) is 0 Å². The van der Waals surface area contributed by atoms with Crippen LogP contribution >= 0.6 is 0 Å². The first kappa shape index (κ1) is 15.7. The molecule has 5 heteroatoms. The molecule has 1 aromatic heterocycles. The predicted octanol–water partition coefficient (Wildman–Crippen LogP) is 2.80. The van der Waals surface area contributed by atoms with Crippen LogP contribution in [-0.4, -0.2) is 30.1 Å². The summed E-state index contributed by atoms with van der Waals surface area (Å²) in [6.07, 6.45) is 2.14. The highest BCUT2D eigenvalue weighted by atomic mass is 16.5. The SMILES string of the molecule is Cc1ccc(-c2nc(CCNC(=O)C3CCCO3)c(C)o2)cc1. The Balaban J connectivity index is 1.58. The fourth-order valence-electron chi connectivity index (χ4n) is 2.68. The molecule has 5 nitrogen and oxygen atoms in total. The van der Waals surface area contributed by atoms with Crippen LogP contribution in [-0.2, 0) is 16.0 Å². The molecule has 0 saturated carbocycles. The monoisotopic (exact) mass is 314 g/mol. The van der Waals surface area contributed by atoms with Gasteiger partial charge in [0, 0.05) is 25.1 Å². The maximum atomic E-state index is 11.9. The number of carbonyl (C=O) groups excluding carboxylic acids is 1. The number of nitrogens with one attached hydrogen (secondary N) is 1. The van der Waals surface area contributed by atoms with Crippen LogP contribution in [0.15, 0.2) is 28.7 Å². The number of carbonyl (C=O) groups is 1. The van der Waals surface area contributed by atoms with E-state index in [4.69, 9.17) is 9.15 Å². The van der Waals surface area contributed by atoms with E-state index in [0.29, 0.717) is 25.5 Å². The third kappa shape index (κ3) is 3.79. The average molecular weight is 314 g/mol. The first-order chi connectivity index (χ1) is 11.1. The van der Waals surface area contributed by atoms with Crippen molar-refractivity contribution in [2.75, 3.05) is 13.2 Å². The Morgan fingerprint density at radius 3 is 2.78 bits per heavy atom. The van der Waals surface area contributed by atoms with Crippen molar-refractivity contribution in [2.24, 2.45) is 0 Å². The molecular weight excluding hydrogens is 292 g/mol. The van der Waals surface area contributed by atoms with Crippen LogP contribution in [0.25, 0.3) is 11.5 Å². The van der Waals surface area contributed by atoms with Gasteiger partial charge in [-0.05, 0) is 38.8 Å². The van der Waals surface area contributed by atoms with Crippen molar-refractivity contribution in [2.45, 2.75) is 39.2 Å². The fraction of sp³-hybridized carbons (Fsp3) is 0.444. The minimum atomic E-state index is -0.281. The van der Waals surface area contributed by atoms with Crippen LogP contribution < -0.4 is 5.32 Å². The zero-order chi connectivity index (χ0) is 16.2. The maximum Gasteiger partial charge on any atom is 0.249 e. The molecule has 1 aliphatic heterocycles. The van der Waals surface area contributed by atoms with Crippen LogP contribution in [0.5, 0.6) is 0 Å². The highest BCUT2D eigenvalue weighted by molar-refractivity contribution is 5.80. The molecule has 0 aliphatic carbocycles. The molecular formula is C18H22N2O3. The summed E-state index contributed by atoms with van der Waals surface area (Å²) in [6.45, 7) is 5.18. The molecule has 1 atom stereocenters. The van der Waals surface area contributed by atoms with Gasteiger partial charge in [-0.1, -0.05) is 17.7 Å². The molecule has 2 heterocycles. The summed E-state index contributed by atoms with van der Waals surface area (Å²) >= 11 is 0. The predicted molar refractivity (Wildman–Crippen MR) is 87.1 cm³/mol.